The Kier molecular flexibility index (Phi) is 5.73. The van der Waals surface area contributed by atoms with E-state index >= 15 is 0 Å². The normalized spacial score (nSPS) is 19.4. The van der Waals surface area contributed by atoms with E-state index in [0.717, 1.165) is 79.3 Å². The lowest BCUT2D eigenvalue weighted by molar-refractivity contribution is 0.122. The summed E-state index contributed by atoms with van der Waals surface area (Å²) in [7, 11) is 0. The number of morpholine rings is 1. The second kappa shape index (κ2) is 8.82. The largest absolute Gasteiger partial charge is 0.378 e. The number of anilines is 2. The molecule has 2 aliphatic heterocycles. The Balaban J connectivity index is 1.50. The Hall–Kier alpha value is -3.07. The van der Waals surface area contributed by atoms with E-state index in [1.165, 1.54) is 0 Å². The van der Waals surface area contributed by atoms with E-state index in [2.05, 4.69) is 19.9 Å². The predicted octanol–water partition coefficient (Wildman–Crippen LogP) is 3.07. The van der Waals surface area contributed by atoms with Crippen LogP contribution in [-0.2, 0) is 4.74 Å². The van der Waals surface area contributed by atoms with Gasteiger partial charge in [-0.25, -0.2) is 19.9 Å². The molecule has 2 aliphatic rings. The second-order valence-electron chi connectivity index (χ2n) is 8.64. The van der Waals surface area contributed by atoms with Gasteiger partial charge in [-0.1, -0.05) is 5.16 Å². The number of hydrogen-bond acceptors (Lipinski definition) is 9. The lowest BCUT2D eigenvalue weighted by Crippen LogP contribution is -2.38. The summed E-state index contributed by atoms with van der Waals surface area (Å²) in [4.78, 5) is 23.6. The molecule has 3 aromatic rings. The number of nitrogens with zero attached hydrogens (tertiary/aromatic N) is 7. The van der Waals surface area contributed by atoms with Crippen LogP contribution >= 0.6 is 0 Å². The molecule has 0 amide bonds. The zero-order valence-electron chi connectivity index (χ0n) is 18.9. The van der Waals surface area contributed by atoms with Gasteiger partial charge in [-0.05, 0) is 39.7 Å². The number of aromatic nitrogens is 5. The van der Waals surface area contributed by atoms with Gasteiger partial charge in [0.1, 0.15) is 0 Å². The maximum atomic E-state index is 5.61. The van der Waals surface area contributed by atoms with Crippen LogP contribution in [0.5, 0.6) is 0 Å². The molecule has 0 N–H and O–H groups in total. The Morgan fingerprint density at radius 1 is 0.875 bits per heavy atom. The fourth-order valence-electron chi connectivity index (χ4n) is 4.52. The number of rotatable bonds is 4. The van der Waals surface area contributed by atoms with Gasteiger partial charge in [0, 0.05) is 55.7 Å². The molecule has 1 unspecified atom stereocenters. The summed E-state index contributed by atoms with van der Waals surface area (Å²) in [6.45, 7) is 10.7. The Labute approximate surface area is 187 Å². The first kappa shape index (κ1) is 20.8. The first-order valence-corrected chi connectivity index (χ1v) is 11.3. The molecule has 9 heteroatoms. The highest BCUT2D eigenvalue weighted by Crippen LogP contribution is 2.35. The molecular formula is C23H29N7O2. The standard InChI is InChI=1S/C23H29N7O2/c1-15-11-16(2)26-23(25-15)30-6-4-5-18(14-30)21-19(20-12-17(3)28-32-20)13-24-22(27-21)29-7-9-31-10-8-29/h11-13,18H,4-10,14H2,1-3H3. The predicted molar refractivity (Wildman–Crippen MR) is 121 cm³/mol. The van der Waals surface area contributed by atoms with Gasteiger partial charge in [0.05, 0.1) is 30.2 Å². The molecular weight excluding hydrogens is 406 g/mol. The van der Waals surface area contributed by atoms with E-state index in [9.17, 15) is 0 Å². The van der Waals surface area contributed by atoms with E-state index in [1.807, 2.05) is 39.1 Å². The van der Waals surface area contributed by atoms with Gasteiger partial charge in [-0.2, -0.15) is 0 Å². The highest BCUT2D eigenvalue weighted by Gasteiger charge is 2.29. The zero-order valence-corrected chi connectivity index (χ0v) is 18.9. The molecule has 5 rings (SSSR count). The van der Waals surface area contributed by atoms with Crippen molar-refractivity contribution in [1.29, 1.82) is 0 Å². The van der Waals surface area contributed by atoms with E-state index in [1.54, 1.807) is 0 Å². The molecule has 0 saturated carbocycles. The van der Waals surface area contributed by atoms with Crippen LogP contribution in [0.4, 0.5) is 11.9 Å². The molecule has 0 bridgehead atoms. The van der Waals surface area contributed by atoms with Crippen LogP contribution in [-0.4, -0.2) is 64.5 Å². The molecule has 5 heterocycles. The molecule has 0 aromatic carbocycles. The summed E-state index contributed by atoms with van der Waals surface area (Å²) in [5.41, 5.74) is 4.74. The van der Waals surface area contributed by atoms with Crippen LogP contribution in [0.15, 0.2) is 22.9 Å². The monoisotopic (exact) mass is 435 g/mol. The lowest BCUT2D eigenvalue weighted by Gasteiger charge is -2.34. The molecule has 0 radical (unpaired) electrons. The van der Waals surface area contributed by atoms with Gasteiger partial charge in [0.2, 0.25) is 11.9 Å². The molecule has 32 heavy (non-hydrogen) atoms. The first-order valence-electron chi connectivity index (χ1n) is 11.3. The smallest absolute Gasteiger partial charge is 0.225 e. The van der Waals surface area contributed by atoms with Gasteiger partial charge in [-0.3, -0.25) is 0 Å². The van der Waals surface area contributed by atoms with Gasteiger partial charge in [-0.15, -0.1) is 0 Å². The molecule has 1 atom stereocenters. The zero-order chi connectivity index (χ0) is 22.1. The minimum Gasteiger partial charge on any atom is -0.378 e. The summed E-state index contributed by atoms with van der Waals surface area (Å²) in [5, 5.41) is 4.09. The molecule has 9 nitrogen and oxygen atoms in total. The topological polar surface area (TPSA) is 93.3 Å². The molecule has 2 fully saturated rings. The number of ether oxygens (including phenoxy) is 1. The van der Waals surface area contributed by atoms with Crippen LogP contribution in [0.3, 0.4) is 0 Å². The van der Waals surface area contributed by atoms with Gasteiger partial charge >= 0.3 is 0 Å². The fourth-order valence-corrected chi connectivity index (χ4v) is 4.52. The number of hydrogen-bond donors (Lipinski definition) is 0. The second-order valence-corrected chi connectivity index (χ2v) is 8.64. The Bertz CT molecular complexity index is 1070. The molecule has 168 valence electrons. The minimum absolute atomic E-state index is 0.219. The van der Waals surface area contributed by atoms with Crippen LogP contribution < -0.4 is 9.80 Å². The molecule has 3 aromatic heterocycles. The van der Waals surface area contributed by atoms with Gasteiger partial charge in [0.15, 0.2) is 5.76 Å². The minimum atomic E-state index is 0.219. The average Bonchev–Trinajstić information content (AvgIpc) is 3.25. The third kappa shape index (κ3) is 4.29. The maximum absolute atomic E-state index is 5.61. The van der Waals surface area contributed by atoms with Crippen LogP contribution in [0, 0.1) is 20.8 Å². The number of aryl methyl sites for hydroxylation is 3. The summed E-state index contributed by atoms with van der Waals surface area (Å²) in [6, 6.07) is 3.96. The molecule has 2 saturated heterocycles. The SMILES string of the molecule is Cc1cc(-c2cnc(N3CCOCC3)nc2C2CCCN(c3nc(C)cc(C)n3)C2)on1. The van der Waals surface area contributed by atoms with Crippen LogP contribution in [0.25, 0.3) is 11.3 Å². The average molecular weight is 436 g/mol. The summed E-state index contributed by atoms with van der Waals surface area (Å²) < 4.78 is 11.1. The van der Waals surface area contributed by atoms with E-state index in [0.29, 0.717) is 19.0 Å². The summed E-state index contributed by atoms with van der Waals surface area (Å²) >= 11 is 0. The van der Waals surface area contributed by atoms with Gasteiger partial charge < -0.3 is 19.1 Å². The summed E-state index contributed by atoms with van der Waals surface area (Å²) in [5.74, 6) is 2.48. The third-order valence-electron chi connectivity index (χ3n) is 6.05. The number of piperidine rings is 1. The molecule has 0 aliphatic carbocycles. The molecule has 0 spiro atoms. The van der Waals surface area contributed by atoms with Crippen molar-refractivity contribution >= 4 is 11.9 Å². The lowest BCUT2D eigenvalue weighted by atomic mass is 9.91. The van der Waals surface area contributed by atoms with Crippen molar-refractivity contribution in [2.75, 3.05) is 49.2 Å². The third-order valence-corrected chi connectivity index (χ3v) is 6.05. The summed E-state index contributed by atoms with van der Waals surface area (Å²) in [6.07, 6.45) is 3.98. The Morgan fingerprint density at radius 3 is 2.38 bits per heavy atom. The first-order chi connectivity index (χ1) is 15.6. The van der Waals surface area contributed by atoms with Crippen molar-refractivity contribution in [1.82, 2.24) is 25.1 Å². The highest BCUT2D eigenvalue weighted by molar-refractivity contribution is 5.62. The van der Waals surface area contributed by atoms with Crippen molar-refractivity contribution in [3.8, 4) is 11.3 Å². The van der Waals surface area contributed by atoms with Crippen LogP contribution in [0.2, 0.25) is 0 Å². The van der Waals surface area contributed by atoms with Crippen LogP contribution in [0.1, 0.15) is 41.5 Å². The van der Waals surface area contributed by atoms with Crippen molar-refractivity contribution in [3.63, 3.8) is 0 Å². The van der Waals surface area contributed by atoms with Gasteiger partial charge in [0.25, 0.3) is 0 Å². The Morgan fingerprint density at radius 2 is 1.66 bits per heavy atom. The van der Waals surface area contributed by atoms with E-state index in [-0.39, 0.29) is 5.92 Å². The van der Waals surface area contributed by atoms with Crippen molar-refractivity contribution in [3.05, 3.63) is 41.1 Å². The highest BCUT2D eigenvalue weighted by atomic mass is 16.5. The quantitative estimate of drug-likeness (QED) is 0.613. The van der Waals surface area contributed by atoms with Crippen molar-refractivity contribution < 1.29 is 9.26 Å². The van der Waals surface area contributed by atoms with Crippen molar-refractivity contribution in [2.45, 2.75) is 39.5 Å². The fraction of sp³-hybridized carbons (Fsp3) is 0.522. The maximum Gasteiger partial charge on any atom is 0.225 e. The van der Waals surface area contributed by atoms with E-state index < -0.39 is 0 Å². The van der Waals surface area contributed by atoms with Crippen molar-refractivity contribution in [2.24, 2.45) is 0 Å². The van der Waals surface area contributed by atoms with E-state index in [4.69, 9.17) is 24.2 Å².